The second-order valence-electron chi connectivity index (χ2n) is 3.60. The highest BCUT2D eigenvalue weighted by atomic mass is 16.5. The number of aryl methyl sites for hydroxylation is 1. The van der Waals surface area contributed by atoms with Gasteiger partial charge in [0.05, 0.1) is 7.11 Å². The molecule has 1 heterocycles. The van der Waals surface area contributed by atoms with Crippen LogP contribution in [0.5, 0.6) is 5.75 Å². The Morgan fingerprint density at radius 3 is 2.71 bits per heavy atom. The summed E-state index contributed by atoms with van der Waals surface area (Å²) in [5.74, 6) is 1.57. The molecule has 0 aliphatic rings. The van der Waals surface area contributed by atoms with Crippen molar-refractivity contribution < 1.29 is 4.74 Å². The van der Waals surface area contributed by atoms with Gasteiger partial charge in [-0.15, -0.1) is 5.10 Å². The number of nitrogens with two attached hydrogens (primary N) is 1. The van der Waals surface area contributed by atoms with Crippen LogP contribution in [0.25, 0.3) is 11.4 Å². The summed E-state index contributed by atoms with van der Waals surface area (Å²) in [4.78, 5) is 0. The van der Waals surface area contributed by atoms with Gasteiger partial charge in [-0.2, -0.15) is 0 Å². The molecule has 2 aromatic rings. The second-order valence-corrected chi connectivity index (χ2v) is 3.60. The first-order valence-corrected chi connectivity index (χ1v) is 5.46. The summed E-state index contributed by atoms with van der Waals surface area (Å²) in [6, 6.07) is 7.64. The van der Waals surface area contributed by atoms with E-state index in [2.05, 4.69) is 15.5 Å². The van der Waals surface area contributed by atoms with Crippen molar-refractivity contribution >= 4 is 0 Å². The van der Waals surface area contributed by atoms with Crippen molar-refractivity contribution in [1.29, 1.82) is 0 Å². The minimum absolute atomic E-state index is 0.627. The van der Waals surface area contributed by atoms with E-state index in [9.17, 15) is 0 Å². The van der Waals surface area contributed by atoms with Crippen molar-refractivity contribution in [2.75, 3.05) is 13.7 Å². The van der Waals surface area contributed by atoms with Gasteiger partial charge in [0.15, 0.2) is 5.82 Å². The minimum Gasteiger partial charge on any atom is -0.497 e. The van der Waals surface area contributed by atoms with Crippen LogP contribution >= 0.6 is 0 Å². The first kappa shape index (κ1) is 11.5. The highest BCUT2D eigenvalue weighted by molar-refractivity contribution is 5.55. The largest absolute Gasteiger partial charge is 0.497 e. The van der Waals surface area contributed by atoms with Crippen molar-refractivity contribution in [1.82, 2.24) is 20.2 Å². The summed E-state index contributed by atoms with van der Waals surface area (Å²) in [6.07, 6.45) is 0.855. The number of tetrazole rings is 1. The summed E-state index contributed by atoms with van der Waals surface area (Å²) in [5.41, 5.74) is 6.44. The summed E-state index contributed by atoms with van der Waals surface area (Å²) in [7, 11) is 1.64. The van der Waals surface area contributed by atoms with E-state index in [1.807, 2.05) is 24.3 Å². The zero-order valence-corrected chi connectivity index (χ0v) is 9.71. The molecule has 0 saturated heterocycles. The van der Waals surface area contributed by atoms with Crippen molar-refractivity contribution in [2.45, 2.75) is 13.0 Å². The molecule has 0 atom stereocenters. The number of hydrogen-bond acceptors (Lipinski definition) is 5. The van der Waals surface area contributed by atoms with E-state index in [1.54, 1.807) is 11.8 Å². The number of ether oxygens (including phenoxy) is 1. The van der Waals surface area contributed by atoms with E-state index >= 15 is 0 Å². The fraction of sp³-hybridized carbons (Fsp3) is 0.364. The normalized spacial score (nSPS) is 10.5. The predicted molar refractivity (Wildman–Crippen MR) is 63.5 cm³/mol. The van der Waals surface area contributed by atoms with Crippen LogP contribution in [0.15, 0.2) is 24.3 Å². The van der Waals surface area contributed by atoms with Crippen LogP contribution in [0.2, 0.25) is 0 Å². The zero-order valence-electron chi connectivity index (χ0n) is 9.71. The van der Waals surface area contributed by atoms with Crippen molar-refractivity contribution in [3.63, 3.8) is 0 Å². The molecule has 6 heteroatoms. The molecule has 1 aromatic heterocycles. The lowest BCUT2D eigenvalue weighted by atomic mass is 10.2. The van der Waals surface area contributed by atoms with E-state index in [0.717, 1.165) is 30.1 Å². The minimum atomic E-state index is 0.627. The molecule has 0 aliphatic carbocycles. The van der Waals surface area contributed by atoms with Crippen LogP contribution in [0, 0.1) is 0 Å². The average Bonchev–Trinajstić information content (AvgIpc) is 2.84. The average molecular weight is 233 g/mol. The molecule has 2 rings (SSSR count). The van der Waals surface area contributed by atoms with Crippen LogP contribution in [-0.2, 0) is 6.54 Å². The maximum Gasteiger partial charge on any atom is 0.182 e. The van der Waals surface area contributed by atoms with E-state index < -0.39 is 0 Å². The van der Waals surface area contributed by atoms with Crippen LogP contribution in [0.4, 0.5) is 0 Å². The van der Waals surface area contributed by atoms with E-state index in [1.165, 1.54) is 0 Å². The molecule has 0 spiro atoms. The van der Waals surface area contributed by atoms with Crippen LogP contribution in [0.1, 0.15) is 6.42 Å². The number of rotatable bonds is 5. The second kappa shape index (κ2) is 5.40. The molecular weight excluding hydrogens is 218 g/mol. The van der Waals surface area contributed by atoms with Gasteiger partial charge >= 0.3 is 0 Å². The Morgan fingerprint density at radius 1 is 1.29 bits per heavy atom. The Balaban J connectivity index is 2.23. The van der Waals surface area contributed by atoms with Gasteiger partial charge in [0, 0.05) is 12.1 Å². The number of aromatic nitrogens is 4. The van der Waals surface area contributed by atoms with Gasteiger partial charge in [0.1, 0.15) is 5.75 Å². The Morgan fingerprint density at radius 2 is 2.06 bits per heavy atom. The number of methoxy groups -OCH3 is 1. The standard InChI is InChI=1S/C11H15N5O/c1-17-10-5-3-9(4-6-10)11-13-14-15-16(11)8-2-7-12/h3-6H,2,7-8,12H2,1H3. The maximum absolute atomic E-state index is 5.47. The van der Waals surface area contributed by atoms with Crippen molar-refractivity contribution in [3.8, 4) is 17.1 Å². The fourth-order valence-electron chi connectivity index (χ4n) is 1.54. The van der Waals surface area contributed by atoms with Gasteiger partial charge in [0.25, 0.3) is 0 Å². The Hall–Kier alpha value is -1.95. The third-order valence-corrected chi connectivity index (χ3v) is 2.45. The van der Waals surface area contributed by atoms with Gasteiger partial charge < -0.3 is 10.5 Å². The number of benzene rings is 1. The maximum atomic E-state index is 5.47. The summed E-state index contributed by atoms with van der Waals surface area (Å²) < 4.78 is 6.87. The van der Waals surface area contributed by atoms with Crippen LogP contribution in [0.3, 0.4) is 0 Å². The van der Waals surface area contributed by atoms with Crippen LogP contribution < -0.4 is 10.5 Å². The first-order valence-electron chi connectivity index (χ1n) is 5.46. The van der Waals surface area contributed by atoms with E-state index in [-0.39, 0.29) is 0 Å². The molecular formula is C11H15N5O. The van der Waals surface area contributed by atoms with Gasteiger partial charge in [-0.1, -0.05) is 0 Å². The fourth-order valence-corrected chi connectivity index (χ4v) is 1.54. The summed E-state index contributed by atoms with van der Waals surface area (Å²) in [5, 5.41) is 11.6. The Kier molecular flexibility index (Phi) is 3.66. The topological polar surface area (TPSA) is 78.9 Å². The van der Waals surface area contributed by atoms with Crippen LogP contribution in [-0.4, -0.2) is 33.9 Å². The Labute approximate surface area is 99.4 Å². The van der Waals surface area contributed by atoms with Gasteiger partial charge in [-0.3, -0.25) is 0 Å². The molecule has 0 aliphatic heterocycles. The van der Waals surface area contributed by atoms with Gasteiger partial charge in [-0.25, -0.2) is 4.68 Å². The summed E-state index contributed by atoms with van der Waals surface area (Å²) >= 11 is 0. The molecule has 0 unspecified atom stereocenters. The zero-order chi connectivity index (χ0) is 12.1. The molecule has 17 heavy (non-hydrogen) atoms. The lowest BCUT2D eigenvalue weighted by Gasteiger charge is -2.04. The summed E-state index contributed by atoms with van der Waals surface area (Å²) in [6.45, 7) is 1.35. The SMILES string of the molecule is COc1ccc(-c2nnnn2CCCN)cc1. The molecule has 1 aromatic carbocycles. The van der Waals surface area contributed by atoms with Gasteiger partial charge in [-0.05, 0) is 47.7 Å². The Bertz CT molecular complexity index is 465. The van der Waals surface area contributed by atoms with E-state index in [0.29, 0.717) is 6.54 Å². The molecule has 0 bridgehead atoms. The molecule has 6 nitrogen and oxygen atoms in total. The van der Waals surface area contributed by atoms with Gasteiger partial charge in [0.2, 0.25) is 0 Å². The monoisotopic (exact) mass is 233 g/mol. The van der Waals surface area contributed by atoms with Crippen molar-refractivity contribution in [3.05, 3.63) is 24.3 Å². The molecule has 2 N–H and O–H groups in total. The predicted octanol–water partition coefficient (Wildman–Crippen LogP) is 0.697. The number of nitrogens with zero attached hydrogens (tertiary/aromatic N) is 4. The van der Waals surface area contributed by atoms with Crippen molar-refractivity contribution in [2.24, 2.45) is 5.73 Å². The first-order chi connectivity index (χ1) is 8.35. The molecule has 0 fully saturated rings. The molecule has 0 radical (unpaired) electrons. The molecule has 90 valence electrons. The highest BCUT2D eigenvalue weighted by Crippen LogP contribution is 2.19. The third-order valence-electron chi connectivity index (χ3n) is 2.45. The third kappa shape index (κ3) is 2.59. The quantitative estimate of drug-likeness (QED) is 0.822. The highest BCUT2D eigenvalue weighted by Gasteiger charge is 2.08. The lowest BCUT2D eigenvalue weighted by molar-refractivity contribution is 0.415. The smallest absolute Gasteiger partial charge is 0.182 e. The molecule has 0 amide bonds. The number of hydrogen-bond donors (Lipinski definition) is 1. The molecule has 0 saturated carbocycles. The van der Waals surface area contributed by atoms with E-state index in [4.69, 9.17) is 10.5 Å². The lowest BCUT2D eigenvalue weighted by Crippen LogP contribution is -2.08.